The zero-order chi connectivity index (χ0) is 28.3. The number of likely N-dealkylation sites (tertiary alicyclic amines) is 1. The van der Waals surface area contributed by atoms with Gasteiger partial charge in [0.1, 0.15) is 0 Å². The lowest BCUT2D eigenvalue weighted by molar-refractivity contribution is -0.255. The number of ether oxygens (including phenoxy) is 2. The molecule has 5 rings (SSSR count). The number of carbonyl (C=O) groups excluding carboxylic acids is 1. The van der Waals surface area contributed by atoms with Gasteiger partial charge in [-0.1, -0.05) is 61.4 Å². The number of aliphatic hydroxyl groups is 1. The molecule has 0 aromatic heterocycles. The van der Waals surface area contributed by atoms with Gasteiger partial charge < -0.3 is 25.6 Å². The number of carbonyl (C=O) groups is 1. The maximum atomic E-state index is 13.6. The molecule has 218 valence electrons. The third-order valence-electron chi connectivity index (χ3n) is 8.82. The van der Waals surface area contributed by atoms with Crippen LogP contribution in [-0.2, 0) is 27.4 Å². The van der Waals surface area contributed by atoms with Crippen LogP contribution in [0.25, 0.3) is 0 Å². The van der Waals surface area contributed by atoms with Crippen LogP contribution in [0.3, 0.4) is 0 Å². The van der Waals surface area contributed by atoms with Crippen LogP contribution in [0.1, 0.15) is 100 Å². The molecule has 4 N–H and O–H groups in total. The minimum atomic E-state index is -0.512. The topological polar surface area (TPSA) is 97.1 Å². The molecule has 1 amide bonds. The van der Waals surface area contributed by atoms with Crippen molar-refractivity contribution in [3.8, 4) is 0 Å². The van der Waals surface area contributed by atoms with Crippen molar-refractivity contribution in [1.82, 2.24) is 10.2 Å². The lowest BCUT2D eigenvalue weighted by atomic mass is 9.75. The summed E-state index contributed by atoms with van der Waals surface area (Å²) in [5, 5.41) is 12.8. The molecule has 3 fully saturated rings. The summed E-state index contributed by atoms with van der Waals surface area (Å²) in [5.41, 5.74) is 9.56. The van der Waals surface area contributed by atoms with E-state index in [1.54, 1.807) is 0 Å². The molecule has 40 heavy (non-hydrogen) atoms. The fourth-order valence-corrected chi connectivity index (χ4v) is 6.81. The highest BCUT2D eigenvalue weighted by Crippen LogP contribution is 2.42. The molecule has 1 saturated carbocycles. The number of amides is 1. The summed E-state index contributed by atoms with van der Waals surface area (Å²) in [6, 6.07) is 16.4. The van der Waals surface area contributed by atoms with E-state index >= 15 is 0 Å². The highest BCUT2D eigenvalue weighted by atomic mass is 16.7. The number of nitrogens with one attached hydrogen (secondary N) is 1. The third kappa shape index (κ3) is 6.94. The molecule has 0 spiro atoms. The highest BCUT2D eigenvalue weighted by Gasteiger charge is 2.44. The summed E-state index contributed by atoms with van der Waals surface area (Å²) in [5.74, 6) is 0.780. The van der Waals surface area contributed by atoms with Gasteiger partial charge in [0.2, 0.25) is 5.91 Å². The minimum Gasteiger partial charge on any atom is -0.392 e. The molecular formula is C33H47N3O4. The van der Waals surface area contributed by atoms with E-state index in [0.717, 1.165) is 41.5 Å². The van der Waals surface area contributed by atoms with E-state index < -0.39 is 6.29 Å². The Morgan fingerprint density at radius 1 is 0.950 bits per heavy atom. The maximum absolute atomic E-state index is 13.6. The number of nitrogens with zero attached hydrogens (tertiary/aromatic N) is 1. The van der Waals surface area contributed by atoms with E-state index in [1.165, 1.54) is 19.3 Å². The van der Waals surface area contributed by atoms with Crippen molar-refractivity contribution < 1.29 is 19.4 Å². The molecule has 1 aliphatic carbocycles. The second-order valence-corrected chi connectivity index (χ2v) is 12.9. The van der Waals surface area contributed by atoms with Gasteiger partial charge in [0.15, 0.2) is 6.29 Å². The first-order chi connectivity index (χ1) is 19.2. The number of piperidine rings is 1. The van der Waals surface area contributed by atoms with Gasteiger partial charge in [-0.25, -0.2) is 0 Å². The molecule has 0 bridgehead atoms. The van der Waals surface area contributed by atoms with E-state index in [2.05, 4.69) is 31.0 Å². The second kappa shape index (κ2) is 12.7. The van der Waals surface area contributed by atoms with Gasteiger partial charge in [0, 0.05) is 36.7 Å². The molecule has 6 atom stereocenters. The fourth-order valence-electron chi connectivity index (χ4n) is 6.81. The van der Waals surface area contributed by atoms with Crippen molar-refractivity contribution in [2.45, 2.75) is 115 Å². The molecule has 7 heteroatoms. The second-order valence-electron chi connectivity index (χ2n) is 12.9. The summed E-state index contributed by atoms with van der Waals surface area (Å²) in [4.78, 5) is 16.1. The van der Waals surface area contributed by atoms with Crippen LogP contribution in [0.5, 0.6) is 0 Å². The molecule has 2 aromatic rings. The summed E-state index contributed by atoms with van der Waals surface area (Å²) < 4.78 is 13.2. The molecule has 2 aromatic carbocycles. The summed E-state index contributed by atoms with van der Waals surface area (Å²) >= 11 is 0. The minimum absolute atomic E-state index is 0.0171. The first-order valence-electron chi connectivity index (χ1n) is 15.1. The normalized spacial score (nSPS) is 29.5. The van der Waals surface area contributed by atoms with Crippen molar-refractivity contribution in [3.05, 3.63) is 70.8 Å². The summed E-state index contributed by atoms with van der Waals surface area (Å²) in [7, 11) is 0. The van der Waals surface area contributed by atoms with Crippen molar-refractivity contribution in [2.24, 2.45) is 11.7 Å². The van der Waals surface area contributed by atoms with Crippen LogP contribution in [0.4, 0.5) is 0 Å². The van der Waals surface area contributed by atoms with Crippen molar-refractivity contribution in [1.29, 1.82) is 0 Å². The Labute approximate surface area is 239 Å². The Kier molecular flexibility index (Phi) is 9.28. The number of benzene rings is 2. The van der Waals surface area contributed by atoms with Gasteiger partial charge in [-0.05, 0) is 69.1 Å². The largest absolute Gasteiger partial charge is 0.392 e. The zero-order valence-corrected chi connectivity index (χ0v) is 24.4. The summed E-state index contributed by atoms with van der Waals surface area (Å²) in [6.07, 6.45) is 6.85. The van der Waals surface area contributed by atoms with Crippen molar-refractivity contribution in [3.63, 3.8) is 0 Å². The third-order valence-corrected chi connectivity index (χ3v) is 8.82. The lowest BCUT2D eigenvalue weighted by Gasteiger charge is -2.50. The molecule has 2 saturated heterocycles. The molecule has 2 aliphatic heterocycles. The standard InChI is InChI=1S/C33H47N3O4/c1-33(2,3)35-31(38)29-17-16-24-6-4-5-7-28(24)36(29)20-27-18-30(25-12-10-23(21-37)11-13-25)40-32(39-27)26-14-8-22(19-34)9-15-26/h8-15,24,27-30,32,37H,4-7,16-21,34H2,1-3H3,(H,35,38). The quantitative estimate of drug-likeness (QED) is 0.444. The molecule has 3 aliphatic rings. The van der Waals surface area contributed by atoms with Crippen LogP contribution in [0.2, 0.25) is 0 Å². The van der Waals surface area contributed by atoms with E-state index in [0.29, 0.717) is 31.5 Å². The molecular weight excluding hydrogens is 502 g/mol. The fraction of sp³-hybridized carbons (Fsp3) is 0.606. The lowest BCUT2D eigenvalue weighted by Crippen LogP contribution is -2.61. The maximum Gasteiger partial charge on any atom is 0.237 e. The number of nitrogens with two attached hydrogens (primary N) is 1. The average molecular weight is 550 g/mol. The van der Waals surface area contributed by atoms with E-state index in [4.69, 9.17) is 15.2 Å². The number of rotatable bonds is 7. The number of fused-ring (bicyclic) bond motifs is 1. The number of hydrogen-bond acceptors (Lipinski definition) is 6. The van der Waals surface area contributed by atoms with E-state index in [1.807, 2.05) is 48.5 Å². The zero-order valence-electron chi connectivity index (χ0n) is 24.4. The Bertz CT molecular complexity index is 1060. The molecule has 2 heterocycles. The van der Waals surface area contributed by atoms with Gasteiger partial charge in [-0.3, -0.25) is 9.69 Å². The SMILES string of the molecule is CC(C)(C)NC(=O)C1CCC2CCCCC2N1CC1CC(c2ccc(CO)cc2)OC(c2ccc(CN)cc2)O1. The number of hydrogen-bond donors (Lipinski definition) is 3. The van der Waals surface area contributed by atoms with Crippen molar-refractivity contribution >= 4 is 5.91 Å². The van der Waals surface area contributed by atoms with Crippen molar-refractivity contribution in [2.75, 3.05) is 6.54 Å². The first kappa shape index (κ1) is 29.2. The van der Waals surface area contributed by atoms with Gasteiger partial charge >= 0.3 is 0 Å². The predicted octanol–water partition coefficient (Wildman–Crippen LogP) is 5.12. The Morgan fingerprint density at radius 2 is 1.62 bits per heavy atom. The Hall–Kier alpha value is -2.29. The molecule has 7 nitrogen and oxygen atoms in total. The van der Waals surface area contributed by atoms with Crippen LogP contribution >= 0.6 is 0 Å². The monoisotopic (exact) mass is 549 g/mol. The summed E-state index contributed by atoms with van der Waals surface area (Å²) in [6.45, 7) is 7.37. The van der Waals surface area contributed by atoms with E-state index in [-0.39, 0.29) is 36.3 Å². The molecule has 0 radical (unpaired) electrons. The van der Waals surface area contributed by atoms with Crippen LogP contribution < -0.4 is 11.1 Å². The van der Waals surface area contributed by atoms with Crippen LogP contribution in [-0.4, -0.2) is 46.2 Å². The number of aliphatic hydroxyl groups excluding tert-OH is 1. The van der Waals surface area contributed by atoms with E-state index in [9.17, 15) is 9.90 Å². The predicted molar refractivity (Wildman–Crippen MR) is 156 cm³/mol. The molecule has 6 unspecified atom stereocenters. The van der Waals surface area contributed by atoms with Gasteiger partial charge in [0.05, 0.1) is 24.9 Å². The Balaban J connectivity index is 1.42. The van der Waals surface area contributed by atoms with Gasteiger partial charge in [0.25, 0.3) is 0 Å². The highest BCUT2D eigenvalue weighted by molar-refractivity contribution is 5.82. The van der Waals surface area contributed by atoms with Gasteiger partial charge in [-0.15, -0.1) is 0 Å². The smallest absolute Gasteiger partial charge is 0.237 e. The van der Waals surface area contributed by atoms with Gasteiger partial charge in [-0.2, -0.15) is 0 Å². The Morgan fingerprint density at radius 3 is 2.30 bits per heavy atom. The van der Waals surface area contributed by atoms with Crippen LogP contribution in [0, 0.1) is 5.92 Å². The van der Waals surface area contributed by atoms with Crippen LogP contribution in [0.15, 0.2) is 48.5 Å². The first-order valence-corrected chi connectivity index (χ1v) is 15.1. The average Bonchev–Trinajstić information content (AvgIpc) is 2.96.